The maximum absolute atomic E-state index is 10.4. The Morgan fingerprint density at radius 1 is 0.595 bits per heavy atom. The lowest BCUT2D eigenvalue weighted by Gasteiger charge is -2.22. The summed E-state index contributed by atoms with van der Waals surface area (Å²) < 4.78 is 2.08. The van der Waals surface area contributed by atoms with Gasteiger partial charge < -0.3 is 20.4 Å². The number of hydrogen-bond acceptors (Lipinski definition) is 4. The topological polar surface area (TPSA) is 78.5 Å². The Morgan fingerprint density at radius 3 is 1.64 bits per heavy atom. The second-order valence-electron chi connectivity index (χ2n) is 10.4. The van der Waals surface area contributed by atoms with Crippen LogP contribution >= 0.6 is 31.9 Å². The number of nitrogens with one attached hydrogen (secondary N) is 2. The molecule has 6 aromatic rings. The summed E-state index contributed by atoms with van der Waals surface area (Å²) >= 11 is 6.97. The van der Waals surface area contributed by atoms with Crippen molar-refractivity contribution in [2.75, 3.05) is 0 Å². The normalized spacial score (nSPS) is 13.0. The van der Waals surface area contributed by atoms with Crippen molar-refractivity contribution >= 4 is 53.7 Å². The minimum Gasteiger partial charge on any atom is -0.361 e. The Labute approximate surface area is 262 Å². The van der Waals surface area contributed by atoms with Crippen LogP contribution < -0.4 is 0 Å². The second-order valence-corrected chi connectivity index (χ2v) is 12.2. The Bertz CT molecular complexity index is 1740. The molecule has 0 radical (unpaired) electrons. The molecule has 0 saturated carbocycles. The molecule has 2 atom stereocenters. The summed E-state index contributed by atoms with van der Waals surface area (Å²) in [5.41, 5.74) is 6.51. The van der Waals surface area contributed by atoms with Crippen LogP contribution in [0.25, 0.3) is 21.8 Å². The molecule has 0 aliphatic heterocycles. The number of benzene rings is 4. The molecule has 2 unspecified atom stereocenters. The number of aromatic nitrogens is 2. The summed E-state index contributed by atoms with van der Waals surface area (Å²) in [5, 5.41) is 25.8. The van der Waals surface area contributed by atoms with Crippen molar-refractivity contribution in [2.45, 2.75) is 39.0 Å². The number of aromatic amines is 2. The molecule has 2 heterocycles. The number of rotatable bonds is 8. The SMILES string of the molecule is CC(c1c[nH]c2cc(Br)ccc12)N(O)Cc1ccccc1.CC(c1c[nH]c2ccc(Br)cc12)N(O)Cc1ccccc1. The molecule has 0 saturated heterocycles. The van der Waals surface area contributed by atoms with Crippen LogP contribution in [0, 0.1) is 0 Å². The number of nitrogens with zero attached hydrogens (tertiary/aromatic N) is 2. The molecule has 0 aliphatic carbocycles. The van der Waals surface area contributed by atoms with Crippen LogP contribution in [0.5, 0.6) is 0 Å². The summed E-state index contributed by atoms with van der Waals surface area (Å²) in [6.07, 6.45) is 3.94. The van der Waals surface area contributed by atoms with Gasteiger partial charge in [-0.2, -0.15) is 10.1 Å². The van der Waals surface area contributed by atoms with Gasteiger partial charge in [0.15, 0.2) is 0 Å². The average molecular weight is 690 g/mol. The number of hydrogen-bond donors (Lipinski definition) is 4. The highest BCUT2D eigenvalue weighted by Crippen LogP contribution is 2.31. The predicted molar refractivity (Wildman–Crippen MR) is 176 cm³/mol. The zero-order chi connectivity index (χ0) is 29.6. The van der Waals surface area contributed by atoms with E-state index in [2.05, 4.69) is 54.0 Å². The maximum Gasteiger partial charge on any atom is 0.0596 e. The maximum atomic E-state index is 10.4. The van der Waals surface area contributed by atoms with E-state index in [0.29, 0.717) is 13.1 Å². The summed E-state index contributed by atoms with van der Waals surface area (Å²) in [6, 6.07) is 32.0. The minimum absolute atomic E-state index is 0.0832. The van der Waals surface area contributed by atoms with Crippen molar-refractivity contribution < 1.29 is 10.4 Å². The number of hydroxylamine groups is 4. The summed E-state index contributed by atoms with van der Waals surface area (Å²) in [6.45, 7) is 5.02. The number of halogens is 2. The average Bonchev–Trinajstić information content (AvgIpc) is 3.61. The van der Waals surface area contributed by atoms with Gasteiger partial charge in [-0.1, -0.05) is 98.6 Å². The third-order valence-corrected chi connectivity index (χ3v) is 8.51. The third-order valence-electron chi connectivity index (χ3n) is 7.52. The first-order valence-corrected chi connectivity index (χ1v) is 15.4. The van der Waals surface area contributed by atoms with E-state index >= 15 is 0 Å². The number of fused-ring (bicyclic) bond motifs is 2. The van der Waals surface area contributed by atoms with E-state index in [1.165, 1.54) is 10.1 Å². The molecule has 6 rings (SSSR count). The van der Waals surface area contributed by atoms with Gasteiger partial charge in [0.25, 0.3) is 0 Å². The van der Waals surface area contributed by atoms with Crippen molar-refractivity contribution in [1.82, 2.24) is 20.1 Å². The molecular weight excluding hydrogens is 656 g/mol. The van der Waals surface area contributed by atoms with Crippen LogP contribution in [0.2, 0.25) is 0 Å². The van der Waals surface area contributed by atoms with Crippen molar-refractivity contribution in [3.05, 3.63) is 141 Å². The zero-order valence-corrected chi connectivity index (χ0v) is 26.7. The molecule has 0 spiro atoms. The molecule has 4 aromatic carbocycles. The van der Waals surface area contributed by atoms with Gasteiger partial charge in [0.05, 0.1) is 12.1 Å². The molecule has 0 amide bonds. The lowest BCUT2D eigenvalue weighted by atomic mass is 10.1. The fraction of sp³-hybridized carbons (Fsp3) is 0.176. The lowest BCUT2D eigenvalue weighted by molar-refractivity contribution is -0.132. The molecule has 0 bridgehead atoms. The molecule has 216 valence electrons. The van der Waals surface area contributed by atoms with Gasteiger partial charge in [0, 0.05) is 56.2 Å². The summed E-state index contributed by atoms with van der Waals surface area (Å²) in [4.78, 5) is 6.52. The van der Waals surface area contributed by atoms with E-state index in [-0.39, 0.29) is 12.1 Å². The monoisotopic (exact) mass is 688 g/mol. The van der Waals surface area contributed by atoms with Gasteiger partial charge in [0.2, 0.25) is 0 Å². The highest BCUT2D eigenvalue weighted by molar-refractivity contribution is 9.10. The molecule has 2 aromatic heterocycles. The predicted octanol–water partition coefficient (Wildman–Crippen LogP) is 9.77. The quantitative estimate of drug-likeness (QED) is 0.120. The van der Waals surface area contributed by atoms with Crippen LogP contribution in [0.3, 0.4) is 0 Å². The van der Waals surface area contributed by atoms with Crippen LogP contribution in [0.4, 0.5) is 0 Å². The fourth-order valence-corrected chi connectivity index (χ4v) is 5.78. The van der Waals surface area contributed by atoms with Gasteiger partial charge in [-0.25, -0.2) is 0 Å². The van der Waals surface area contributed by atoms with E-state index in [4.69, 9.17) is 0 Å². The van der Waals surface area contributed by atoms with Crippen molar-refractivity contribution in [2.24, 2.45) is 0 Å². The second kappa shape index (κ2) is 13.8. The van der Waals surface area contributed by atoms with Crippen molar-refractivity contribution in [3.8, 4) is 0 Å². The first kappa shape index (κ1) is 30.2. The summed E-state index contributed by atoms with van der Waals surface area (Å²) in [7, 11) is 0. The zero-order valence-electron chi connectivity index (χ0n) is 23.5. The van der Waals surface area contributed by atoms with E-state index in [0.717, 1.165) is 53.0 Å². The van der Waals surface area contributed by atoms with E-state index < -0.39 is 0 Å². The molecule has 42 heavy (non-hydrogen) atoms. The molecular formula is C34H34Br2N4O2. The fourth-order valence-electron chi connectivity index (χ4n) is 5.06. The van der Waals surface area contributed by atoms with E-state index in [9.17, 15) is 10.4 Å². The first-order valence-electron chi connectivity index (χ1n) is 13.8. The van der Waals surface area contributed by atoms with Gasteiger partial charge in [0.1, 0.15) is 0 Å². The molecule has 0 aliphatic rings. The molecule has 0 fully saturated rings. The smallest absolute Gasteiger partial charge is 0.0596 e. The standard InChI is InChI=1S/2C17H17BrN2O/c1-12(20(21)11-13-5-3-2-4-6-13)16-10-19-17-8-7-14(18)9-15(16)17;1-12(20(21)11-13-5-3-2-4-6-13)16-10-19-17-9-14(18)7-8-15(16)17/h2*2-10,12,19,21H,11H2,1H3. The Hall–Kier alpha value is -3.24. The Kier molecular flexibility index (Phi) is 9.95. The van der Waals surface area contributed by atoms with E-state index in [1.54, 1.807) is 0 Å². The highest BCUT2D eigenvalue weighted by Gasteiger charge is 2.19. The Morgan fingerprint density at radius 2 is 1.07 bits per heavy atom. The molecule has 8 heteroatoms. The van der Waals surface area contributed by atoms with Crippen molar-refractivity contribution in [1.29, 1.82) is 0 Å². The van der Waals surface area contributed by atoms with Gasteiger partial charge >= 0.3 is 0 Å². The van der Waals surface area contributed by atoms with Crippen molar-refractivity contribution in [3.63, 3.8) is 0 Å². The highest BCUT2D eigenvalue weighted by atomic mass is 79.9. The largest absolute Gasteiger partial charge is 0.361 e. The Balaban J connectivity index is 0.000000168. The van der Waals surface area contributed by atoms with Crippen LogP contribution in [-0.4, -0.2) is 30.5 Å². The van der Waals surface area contributed by atoms with Crippen LogP contribution in [0.1, 0.15) is 48.2 Å². The minimum atomic E-state index is -0.0896. The lowest BCUT2D eigenvalue weighted by Crippen LogP contribution is -2.22. The third kappa shape index (κ3) is 7.21. The first-order chi connectivity index (χ1) is 20.3. The van der Waals surface area contributed by atoms with E-state index in [1.807, 2.05) is 111 Å². The number of H-pyrrole nitrogens is 2. The van der Waals surface area contributed by atoms with Crippen LogP contribution in [0.15, 0.2) is 118 Å². The molecule has 6 nitrogen and oxygen atoms in total. The van der Waals surface area contributed by atoms with Gasteiger partial charge in [-0.3, -0.25) is 0 Å². The summed E-state index contributed by atoms with van der Waals surface area (Å²) in [5.74, 6) is 0. The molecule has 4 N–H and O–H groups in total. The van der Waals surface area contributed by atoms with Gasteiger partial charge in [-0.05, 0) is 66.4 Å². The van der Waals surface area contributed by atoms with Gasteiger partial charge in [-0.15, -0.1) is 0 Å². The van der Waals surface area contributed by atoms with Crippen LogP contribution in [-0.2, 0) is 13.1 Å².